The molecule has 1 aromatic carbocycles. The highest BCUT2D eigenvalue weighted by molar-refractivity contribution is 9.10. The minimum absolute atomic E-state index is 0.0998. The average Bonchev–Trinajstić information content (AvgIpc) is 2.64. The van der Waals surface area contributed by atoms with Crippen molar-refractivity contribution in [3.8, 4) is 11.5 Å². The standard InChI is InChI=1S/C18H21BrN4O2/c1-25-17-11-14(10-16(19)18(17)24)12-21-23-8-6-22(7-9-23)13-15-4-2-3-5-20-15/h2-5,10-12,24H,6-9,13H2,1H3. The van der Waals surface area contributed by atoms with Crippen molar-refractivity contribution in [3.05, 3.63) is 52.3 Å². The van der Waals surface area contributed by atoms with Crippen molar-refractivity contribution in [2.45, 2.75) is 6.54 Å². The molecule has 7 heteroatoms. The van der Waals surface area contributed by atoms with Gasteiger partial charge in [-0.15, -0.1) is 0 Å². The number of hydrogen-bond acceptors (Lipinski definition) is 6. The number of pyridine rings is 1. The van der Waals surface area contributed by atoms with Crippen molar-refractivity contribution in [1.29, 1.82) is 0 Å². The first kappa shape index (κ1) is 17.7. The van der Waals surface area contributed by atoms with E-state index in [0.29, 0.717) is 10.2 Å². The van der Waals surface area contributed by atoms with E-state index < -0.39 is 0 Å². The fourth-order valence-corrected chi connectivity index (χ4v) is 3.16. The Balaban J connectivity index is 1.55. The van der Waals surface area contributed by atoms with E-state index in [9.17, 15) is 5.11 Å². The summed E-state index contributed by atoms with van der Waals surface area (Å²) in [5.41, 5.74) is 1.97. The predicted molar refractivity (Wildman–Crippen MR) is 101 cm³/mol. The molecule has 0 aliphatic carbocycles. The minimum atomic E-state index is 0.0998. The number of methoxy groups -OCH3 is 1. The molecule has 25 heavy (non-hydrogen) atoms. The van der Waals surface area contributed by atoms with Crippen LogP contribution in [0.15, 0.2) is 46.1 Å². The summed E-state index contributed by atoms with van der Waals surface area (Å²) in [5, 5.41) is 16.5. The SMILES string of the molecule is COc1cc(C=NN2CCN(Cc3ccccn3)CC2)cc(Br)c1O. The molecule has 1 saturated heterocycles. The third kappa shape index (κ3) is 4.70. The zero-order valence-electron chi connectivity index (χ0n) is 14.1. The highest BCUT2D eigenvalue weighted by atomic mass is 79.9. The summed E-state index contributed by atoms with van der Waals surface area (Å²) >= 11 is 3.33. The first-order valence-corrected chi connectivity index (χ1v) is 8.92. The quantitative estimate of drug-likeness (QED) is 0.776. The normalized spacial score (nSPS) is 15.7. The highest BCUT2D eigenvalue weighted by Gasteiger charge is 2.16. The van der Waals surface area contributed by atoms with Gasteiger partial charge in [0, 0.05) is 38.9 Å². The van der Waals surface area contributed by atoms with Crippen LogP contribution >= 0.6 is 15.9 Å². The number of phenols is 1. The third-order valence-corrected chi connectivity index (χ3v) is 4.71. The summed E-state index contributed by atoms with van der Waals surface area (Å²) in [4.78, 5) is 6.76. The molecule has 6 nitrogen and oxygen atoms in total. The van der Waals surface area contributed by atoms with E-state index in [4.69, 9.17) is 4.74 Å². The molecule has 0 unspecified atom stereocenters. The van der Waals surface area contributed by atoms with E-state index in [0.717, 1.165) is 44.0 Å². The average molecular weight is 405 g/mol. The van der Waals surface area contributed by atoms with E-state index in [1.54, 1.807) is 12.3 Å². The maximum atomic E-state index is 9.85. The van der Waals surface area contributed by atoms with Gasteiger partial charge in [0.05, 0.1) is 23.5 Å². The van der Waals surface area contributed by atoms with Gasteiger partial charge in [0.25, 0.3) is 0 Å². The molecule has 0 radical (unpaired) electrons. The molecule has 0 amide bonds. The topological polar surface area (TPSA) is 61.2 Å². The zero-order valence-corrected chi connectivity index (χ0v) is 15.7. The number of piperazine rings is 1. The summed E-state index contributed by atoms with van der Waals surface area (Å²) in [6.07, 6.45) is 3.63. The molecule has 3 rings (SSSR count). The number of aromatic nitrogens is 1. The second-order valence-electron chi connectivity index (χ2n) is 5.85. The molecule has 0 bridgehead atoms. The smallest absolute Gasteiger partial charge is 0.172 e. The second kappa shape index (κ2) is 8.31. The molecule has 1 N–H and O–H groups in total. The van der Waals surface area contributed by atoms with Crippen LogP contribution in [-0.2, 0) is 6.54 Å². The lowest BCUT2D eigenvalue weighted by molar-refractivity contribution is 0.130. The fourth-order valence-electron chi connectivity index (χ4n) is 2.70. The molecule has 2 aromatic rings. The van der Waals surface area contributed by atoms with Gasteiger partial charge in [0.2, 0.25) is 0 Å². The van der Waals surface area contributed by atoms with Crippen LogP contribution < -0.4 is 4.74 Å². The van der Waals surface area contributed by atoms with Gasteiger partial charge in [-0.05, 0) is 45.8 Å². The number of rotatable bonds is 5. The first-order chi connectivity index (χ1) is 12.2. The van der Waals surface area contributed by atoms with E-state index >= 15 is 0 Å². The fraction of sp³-hybridized carbons (Fsp3) is 0.333. The van der Waals surface area contributed by atoms with Crippen molar-refractivity contribution < 1.29 is 9.84 Å². The van der Waals surface area contributed by atoms with Crippen molar-refractivity contribution in [2.24, 2.45) is 5.10 Å². The Bertz CT molecular complexity index is 731. The van der Waals surface area contributed by atoms with E-state index in [2.05, 4.69) is 42.0 Å². The second-order valence-corrected chi connectivity index (χ2v) is 6.70. The van der Waals surface area contributed by atoms with Crippen LogP contribution in [0.5, 0.6) is 11.5 Å². The molecule has 0 spiro atoms. The largest absolute Gasteiger partial charge is 0.503 e. The van der Waals surface area contributed by atoms with Gasteiger partial charge in [0.15, 0.2) is 11.5 Å². The van der Waals surface area contributed by atoms with Crippen LogP contribution in [-0.4, -0.2) is 59.5 Å². The zero-order chi connectivity index (χ0) is 17.6. The van der Waals surface area contributed by atoms with Crippen LogP contribution in [0.25, 0.3) is 0 Å². The summed E-state index contributed by atoms with van der Waals surface area (Å²) in [7, 11) is 1.53. The van der Waals surface area contributed by atoms with Crippen molar-refractivity contribution in [1.82, 2.24) is 14.9 Å². The van der Waals surface area contributed by atoms with Gasteiger partial charge in [-0.1, -0.05) is 6.07 Å². The number of benzene rings is 1. The van der Waals surface area contributed by atoms with Crippen LogP contribution in [0.1, 0.15) is 11.3 Å². The van der Waals surface area contributed by atoms with E-state index in [-0.39, 0.29) is 5.75 Å². The number of hydrazone groups is 1. The van der Waals surface area contributed by atoms with Crippen LogP contribution in [0, 0.1) is 0 Å². The number of halogens is 1. The Morgan fingerprint density at radius 1 is 1.28 bits per heavy atom. The molecule has 1 aliphatic rings. The lowest BCUT2D eigenvalue weighted by Gasteiger charge is -2.32. The molecule has 1 fully saturated rings. The Hall–Kier alpha value is -2.12. The number of phenolic OH excluding ortho intramolecular Hbond substituents is 1. The van der Waals surface area contributed by atoms with Crippen LogP contribution in [0.2, 0.25) is 0 Å². The van der Waals surface area contributed by atoms with Gasteiger partial charge in [-0.2, -0.15) is 5.10 Å². The van der Waals surface area contributed by atoms with Gasteiger partial charge in [-0.3, -0.25) is 14.9 Å². The minimum Gasteiger partial charge on any atom is -0.503 e. The Morgan fingerprint density at radius 3 is 2.76 bits per heavy atom. The lowest BCUT2D eigenvalue weighted by atomic mass is 10.2. The summed E-state index contributed by atoms with van der Waals surface area (Å²) in [6.45, 7) is 4.53. The summed E-state index contributed by atoms with van der Waals surface area (Å²) in [6, 6.07) is 9.60. The molecule has 0 atom stereocenters. The lowest BCUT2D eigenvalue weighted by Crippen LogP contribution is -2.43. The Kier molecular flexibility index (Phi) is 5.88. The molecule has 1 aromatic heterocycles. The molecule has 2 heterocycles. The van der Waals surface area contributed by atoms with Crippen molar-refractivity contribution in [3.63, 3.8) is 0 Å². The third-order valence-electron chi connectivity index (χ3n) is 4.10. The monoisotopic (exact) mass is 404 g/mol. The Morgan fingerprint density at radius 2 is 2.08 bits per heavy atom. The van der Waals surface area contributed by atoms with Gasteiger partial charge in [0.1, 0.15) is 0 Å². The summed E-state index contributed by atoms with van der Waals surface area (Å²) < 4.78 is 5.75. The maximum Gasteiger partial charge on any atom is 0.172 e. The molecule has 0 saturated carbocycles. The number of ether oxygens (including phenoxy) is 1. The number of hydrogen-bond donors (Lipinski definition) is 1. The van der Waals surface area contributed by atoms with Crippen molar-refractivity contribution >= 4 is 22.1 Å². The van der Waals surface area contributed by atoms with Crippen LogP contribution in [0.4, 0.5) is 0 Å². The molecular weight excluding hydrogens is 384 g/mol. The van der Waals surface area contributed by atoms with Gasteiger partial charge in [-0.25, -0.2) is 0 Å². The molecule has 132 valence electrons. The Labute approximate surface area is 155 Å². The van der Waals surface area contributed by atoms with E-state index in [1.807, 2.05) is 24.4 Å². The summed E-state index contributed by atoms with van der Waals surface area (Å²) in [5.74, 6) is 0.527. The first-order valence-electron chi connectivity index (χ1n) is 8.13. The predicted octanol–water partition coefficient (Wildman–Crippen LogP) is 2.71. The van der Waals surface area contributed by atoms with E-state index in [1.165, 1.54) is 7.11 Å². The van der Waals surface area contributed by atoms with Gasteiger partial charge < -0.3 is 9.84 Å². The maximum absolute atomic E-state index is 9.85. The molecule has 1 aliphatic heterocycles. The molecular formula is C18H21BrN4O2. The van der Waals surface area contributed by atoms with Crippen molar-refractivity contribution in [2.75, 3.05) is 33.3 Å². The number of aromatic hydroxyl groups is 1. The number of nitrogens with zero attached hydrogens (tertiary/aromatic N) is 4. The van der Waals surface area contributed by atoms with Gasteiger partial charge >= 0.3 is 0 Å². The van der Waals surface area contributed by atoms with Crippen LogP contribution in [0.3, 0.4) is 0 Å². The highest BCUT2D eigenvalue weighted by Crippen LogP contribution is 2.34.